The first-order chi connectivity index (χ1) is 9.24. The van der Waals surface area contributed by atoms with Gasteiger partial charge in [-0.25, -0.2) is 4.98 Å². The predicted molar refractivity (Wildman–Crippen MR) is 70.6 cm³/mol. The molecule has 6 nitrogen and oxygen atoms in total. The van der Waals surface area contributed by atoms with E-state index >= 15 is 0 Å². The Morgan fingerprint density at radius 2 is 2.26 bits per heavy atom. The van der Waals surface area contributed by atoms with Gasteiger partial charge in [0.2, 0.25) is 0 Å². The van der Waals surface area contributed by atoms with Gasteiger partial charge in [0.15, 0.2) is 0 Å². The zero-order chi connectivity index (χ0) is 13.2. The lowest BCUT2D eigenvalue weighted by atomic mass is 10.2. The molecule has 3 aromatic heterocycles. The summed E-state index contributed by atoms with van der Waals surface area (Å²) in [5.74, 6) is 1.71. The number of nitrogens with zero attached hydrogens (tertiary/aromatic N) is 4. The normalized spacial score (nSPS) is 12.5. The maximum absolute atomic E-state index is 5.51. The van der Waals surface area contributed by atoms with Gasteiger partial charge >= 0.3 is 0 Å². The van der Waals surface area contributed by atoms with Crippen LogP contribution < -0.4 is 5.32 Å². The van der Waals surface area contributed by atoms with Gasteiger partial charge in [-0.3, -0.25) is 4.68 Å². The van der Waals surface area contributed by atoms with E-state index in [9.17, 15) is 0 Å². The average molecular weight is 257 g/mol. The highest BCUT2D eigenvalue weighted by atomic mass is 16.3. The van der Waals surface area contributed by atoms with Crippen LogP contribution in [0, 0.1) is 0 Å². The van der Waals surface area contributed by atoms with E-state index in [0.717, 1.165) is 17.3 Å². The lowest BCUT2D eigenvalue weighted by molar-refractivity contribution is 0.488. The Hall–Kier alpha value is -2.50. The molecule has 0 saturated carbocycles. The number of imidazole rings is 1. The second-order valence-electron chi connectivity index (χ2n) is 4.39. The molecular weight excluding hydrogens is 242 g/mol. The summed E-state index contributed by atoms with van der Waals surface area (Å²) in [5, 5.41) is 7.54. The van der Waals surface area contributed by atoms with Crippen LogP contribution in [0.4, 0.5) is 5.69 Å². The van der Waals surface area contributed by atoms with Crippen molar-refractivity contribution in [1.29, 1.82) is 0 Å². The van der Waals surface area contributed by atoms with Crippen LogP contribution in [-0.4, -0.2) is 19.3 Å². The number of furan rings is 1. The Morgan fingerprint density at radius 1 is 1.37 bits per heavy atom. The first-order valence-electron chi connectivity index (χ1n) is 6.00. The van der Waals surface area contributed by atoms with Crippen molar-refractivity contribution in [3.05, 3.63) is 54.8 Å². The van der Waals surface area contributed by atoms with Crippen molar-refractivity contribution < 1.29 is 4.42 Å². The van der Waals surface area contributed by atoms with Gasteiger partial charge in [0, 0.05) is 32.7 Å². The lowest BCUT2D eigenvalue weighted by Gasteiger charge is -2.16. The molecule has 3 rings (SSSR count). The number of hydrogen-bond acceptors (Lipinski definition) is 4. The zero-order valence-electron chi connectivity index (χ0n) is 10.8. The third kappa shape index (κ3) is 2.24. The van der Waals surface area contributed by atoms with E-state index in [1.807, 2.05) is 43.2 Å². The molecule has 19 heavy (non-hydrogen) atoms. The molecule has 0 aliphatic heterocycles. The van der Waals surface area contributed by atoms with Crippen molar-refractivity contribution in [3.8, 4) is 0 Å². The van der Waals surface area contributed by atoms with Crippen molar-refractivity contribution in [2.24, 2.45) is 14.1 Å². The van der Waals surface area contributed by atoms with E-state index < -0.39 is 0 Å². The van der Waals surface area contributed by atoms with Crippen LogP contribution in [0.25, 0.3) is 0 Å². The van der Waals surface area contributed by atoms with Crippen molar-refractivity contribution in [3.63, 3.8) is 0 Å². The molecule has 3 heterocycles. The second-order valence-corrected chi connectivity index (χ2v) is 4.39. The fourth-order valence-electron chi connectivity index (χ4n) is 2.04. The molecule has 6 heteroatoms. The highest BCUT2D eigenvalue weighted by molar-refractivity contribution is 5.42. The van der Waals surface area contributed by atoms with E-state index in [4.69, 9.17) is 4.42 Å². The molecule has 1 N–H and O–H groups in total. The summed E-state index contributed by atoms with van der Waals surface area (Å²) >= 11 is 0. The summed E-state index contributed by atoms with van der Waals surface area (Å²) < 4.78 is 9.23. The molecular formula is C13H15N5O. The second kappa shape index (κ2) is 4.64. The van der Waals surface area contributed by atoms with Gasteiger partial charge in [-0.05, 0) is 12.1 Å². The molecule has 0 saturated heterocycles. The fourth-order valence-corrected chi connectivity index (χ4v) is 2.04. The number of hydrogen-bond donors (Lipinski definition) is 1. The minimum Gasteiger partial charge on any atom is -0.467 e. The summed E-state index contributed by atoms with van der Waals surface area (Å²) in [7, 11) is 3.84. The van der Waals surface area contributed by atoms with Gasteiger partial charge in [0.25, 0.3) is 0 Å². The van der Waals surface area contributed by atoms with Crippen LogP contribution in [0.1, 0.15) is 17.6 Å². The zero-order valence-corrected chi connectivity index (χ0v) is 10.8. The average Bonchev–Trinajstić information content (AvgIpc) is 3.08. The Balaban J connectivity index is 1.95. The minimum atomic E-state index is -0.140. The molecule has 0 spiro atoms. The van der Waals surface area contributed by atoms with Crippen LogP contribution in [-0.2, 0) is 14.1 Å². The van der Waals surface area contributed by atoms with Crippen LogP contribution in [0.5, 0.6) is 0 Å². The monoisotopic (exact) mass is 257 g/mol. The summed E-state index contributed by atoms with van der Waals surface area (Å²) in [6.07, 6.45) is 9.04. The SMILES string of the molecule is Cn1cc(NC(c2ccco2)c2nccn2C)cn1. The molecule has 0 aliphatic rings. The first kappa shape index (κ1) is 11.6. The summed E-state index contributed by atoms with van der Waals surface area (Å²) in [4.78, 5) is 4.39. The number of nitrogens with one attached hydrogen (secondary N) is 1. The Bertz CT molecular complexity index is 652. The number of aromatic nitrogens is 4. The van der Waals surface area contributed by atoms with Gasteiger partial charge in [-0.1, -0.05) is 0 Å². The largest absolute Gasteiger partial charge is 0.467 e. The third-order valence-electron chi connectivity index (χ3n) is 2.96. The fraction of sp³-hybridized carbons (Fsp3) is 0.231. The molecule has 0 fully saturated rings. The Morgan fingerprint density at radius 3 is 2.84 bits per heavy atom. The van der Waals surface area contributed by atoms with Crippen LogP contribution in [0.3, 0.4) is 0 Å². The molecule has 3 aromatic rings. The molecule has 1 unspecified atom stereocenters. The molecule has 0 amide bonds. The van der Waals surface area contributed by atoms with E-state index in [0.29, 0.717) is 0 Å². The van der Waals surface area contributed by atoms with E-state index in [1.54, 1.807) is 23.3 Å². The number of aryl methyl sites for hydroxylation is 2. The van der Waals surface area contributed by atoms with Gasteiger partial charge in [0.1, 0.15) is 17.6 Å². The molecule has 0 radical (unpaired) electrons. The molecule has 0 bridgehead atoms. The lowest BCUT2D eigenvalue weighted by Crippen LogP contribution is -2.15. The quantitative estimate of drug-likeness (QED) is 0.776. The Kier molecular flexibility index (Phi) is 2.83. The summed E-state index contributed by atoms with van der Waals surface area (Å²) in [5.41, 5.74) is 0.923. The summed E-state index contributed by atoms with van der Waals surface area (Å²) in [6.45, 7) is 0. The summed E-state index contributed by atoms with van der Waals surface area (Å²) in [6, 6.07) is 3.66. The maximum atomic E-state index is 5.51. The minimum absolute atomic E-state index is 0.140. The molecule has 0 aliphatic carbocycles. The first-order valence-corrected chi connectivity index (χ1v) is 6.00. The van der Waals surface area contributed by atoms with E-state index in [2.05, 4.69) is 15.4 Å². The number of rotatable bonds is 4. The highest BCUT2D eigenvalue weighted by Crippen LogP contribution is 2.25. The van der Waals surface area contributed by atoms with E-state index in [-0.39, 0.29) is 6.04 Å². The smallest absolute Gasteiger partial charge is 0.143 e. The van der Waals surface area contributed by atoms with Crippen molar-refractivity contribution in [2.75, 3.05) is 5.32 Å². The van der Waals surface area contributed by atoms with Crippen molar-refractivity contribution in [2.45, 2.75) is 6.04 Å². The van der Waals surface area contributed by atoms with Crippen LogP contribution in [0.15, 0.2) is 47.6 Å². The van der Waals surface area contributed by atoms with Crippen molar-refractivity contribution >= 4 is 5.69 Å². The predicted octanol–water partition coefficient (Wildman–Crippen LogP) is 1.95. The van der Waals surface area contributed by atoms with Gasteiger partial charge < -0.3 is 14.3 Å². The highest BCUT2D eigenvalue weighted by Gasteiger charge is 2.21. The van der Waals surface area contributed by atoms with Gasteiger partial charge in [-0.15, -0.1) is 0 Å². The maximum Gasteiger partial charge on any atom is 0.143 e. The molecule has 98 valence electrons. The Labute approximate surface area is 110 Å². The van der Waals surface area contributed by atoms with E-state index in [1.165, 1.54) is 0 Å². The standard InChI is InChI=1S/C13H15N5O/c1-17-6-5-14-13(17)12(11-4-3-7-19-11)16-10-8-15-18(2)9-10/h3-9,12,16H,1-2H3. The topological polar surface area (TPSA) is 60.8 Å². The van der Waals surface area contributed by atoms with Gasteiger partial charge in [0.05, 0.1) is 18.1 Å². The number of anilines is 1. The molecule has 1 atom stereocenters. The third-order valence-corrected chi connectivity index (χ3v) is 2.96. The van der Waals surface area contributed by atoms with Crippen molar-refractivity contribution in [1.82, 2.24) is 19.3 Å². The van der Waals surface area contributed by atoms with Gasteiger partial charge in [-0.2, -0.15) is 5.10 Å². The van der Waals surface area contributed by atoms with Crippen LogP contribution in [0.2, 0.25) is 0 Å². The van der Waals surface area contributed by atoms with Crippen LogP contribution >= 0.6 is 0 Å². The molecule has 0 aromatic carbocycles.